The van der Waals surface area contributed by atoms with Crippen molar-refractivity contribution >= 4 is 27.7 Å². The van der Waals surface area contributed by atoms with E-state index in [1.165, 1.54) is 24.3 Å². The van der Waals surface area contributed by atoms with Gasteiger partial charge in [-0.05, 0) is 69.3 Å². The summed E-state index contributed by atoms with van der Waals surface area (Å²) in [6.07, 6.45) is 2.27. The predicted molar refractivity (Wildman–Crippen MR) is 124 cm³/mol. The molecule has 0 radical (unpaired) electrons. The van der Waals surface area contributed by atoms with Crippen molar-refractivity contribution in [2.24, 2.45) is 0 Å². The summed E-state index contributed by atoms with van der Waals surface area (Å²) in [7, 11) is -0.103. The highest BCUT2D eigenvalue weighted by Gasteiger charge is 2.26. The molecule has 0 aliphatic heterocycles. The van der Waals surface area contributed by atoms with Gasteiger partial charge in [-0.25, -0.2) is 12.8 Å². The fraction of sp³-hybridized carbons (Fsp3) is 0.409. The fourth-order valence-electron chi connectivity index (χ4n) is 3.06. The van der Waals surface area contributed by atoms with E-state index in [0.29, 0.717) is 12.2 Å². The maximum atomic E-state index is 13.3. The van der Waals surface area contributed by atoms with Crippen molar-refractivity contribution in [1.82, 2.24) is 14.9 Å². The van der Waals surface area contributed by atoms with Gasteiger partial charge in [-0.2, -0.15) is 16.5 Å². The zero-order valence-corrected chi connectivity index (χ0v) is 19.9. The number of hydrogen-bond donors (Lipinski definition) is 2. The number of benzene rings is 2. The van der Waals surface area contributed by atoms with E-state index >= 15 is 0 Å². The number of nitrogens with zero attached hydrogens (tertiary/aromatic N) is 1. The predicted octanol–water partition coefficient (Wildman–Crippen LogP) is 2.95. The van der Waals surface area contributed by atoms with Crippen molar-refractivity contribution < 1.29 is 17.6 Å². The first-order valence-corrected chi connectivity index (χ1v) is 12.8. The van der Waals surface area contributed by atoms with Gasteiger partial charge < -0.3 is 10.2 Å². The summed E-state index contributed by atoms with van der Waals surface area (Å²) in [4.78, 5) is 14.9. The number of likely N-dealkylation sites (N-methyl/N-ethyl adjacent to an activating group) is 1. The van der Waals surface area contributed by atoms with Gasteiger partial charge >= 0.3 is 0 Å². The third-order valence-corrected chi connectivity index (χ3v) is 7.04. The van der Waals surface area contributed by atoms with Gasteiger partial charge in [0.1, 0.15) is 11.9 Å². The summed E-state index contributed by atoms with van der Waals surface area (Å²) in [5.74, 6) is -0.0875. The molecule has 2 aromatic carbocycles. The van der Waals surface area contributed by atoms with Gasteiger partial charge in [0.15, 0.2) is 0 Å². The number of carbonyl (C=O) groups excluding carboxylic acids is 1. The molecule has 0 saturated heterocycles. The second-order valence-corrected chi connectivity index (χ2v) is 10.2. The Balaban J connectivity index is 2.12. The number of hydrogen-bond acceptors (Lipinski definition) is 5. The van der Waals surface area contributed by atoms with Gasteiger partial charge in [0.05, 0.1) is 10.9 Å². The molecule has 2 N–H and O–H groups in total. The van der Waals surface area contributed by atoms with Gasteiger partial charge in [0, 0.05) is 6.54 Å². The third kappa shape index (κ3) is 7.60. The molecule has 9 heteroatoms. The van der Waals surface area contributed by atoms with E-state index < -0.39 is 22.0 Å². The van der Waals surface area contributed by atoms with E-state index in [1.54, 1.807) is 36.0 Å². The number of carbonyl (C=O) groups is 1. The maximum absolute atomic E-state index is 13.3. The molecule has 2 rings (SSSR count). The van der Waals surface area contributed by atoms with Gasteiger partial charge in [0.25, 0.3) is 0 Å². The van der Waals surface area contributed by atoms with Gasteiger partial charge in [-0.1, -0.05) is 29.8 Å². The number of sulfonamides is 1. The molecule has 0 saturated carbocycles. The molecule has 2 atom stereocenters. The lowest BCUT2D eigenvalue weighted by molar-refractivity contribution is -0.123. The van der Waals surface area contributed by atoms with Crippen LogP contribution in [0, 0.1) is 12.7 Å². The molecule has 0 spiro atoms. The highest BCUT2D eigenvalue weighted by molar-refractivity contribution is 7.98. The van der Waals surface area contributed by atoms with Crippen molar-refractivity contribution in [3.8, 4) is 0 Å². The van der Waals surface area contributed by atoms with E-state index in [0.717, 1.165) is 11.1 Å². The summed E-state index contributed by atoms with van der Waals surface area (Å²) in [5, 5.41) is 2.86. The van der Waals surface area contributed by atoms with Crippen LogP contribution in [0.25, 0.3) is 0 Å². The highest BCUT2D eigenvalue weighted by Crippen LogP contribution is 2.18. The van der Waals surface area contributed by atoms with Crippen LogP contribution in [0.3, 0.4) is 0 Å². The van der Waals surface area contributed by atoms with Crippen molar-refractivity contribution in [2.45, 2.75) is 30.3 Å². The fourth-order valence-corrected chi connectivity index (χ4v) is 4.76. The van der Waals surface area contributed by atoms with E-state index in [1.807, 2.05) is 32.2 Å². The molecule has 2 unspecified atom stereocenters. The minimum absolute atomic E-state index is 0.123. The molecule has 2 aromatic rings. The number of amides is 1. The molecule has 0 aliphatic carbocycles. The maximum Gasteiger partial charge on any atom is 0.241 e. The first-order chi connectivity index (χ1) is 14.6. The van der Waals surface area contributed by atoms with Crippen molar-refractivity contribution in [2.75, 3.05) is 32.6 Å². The van der Waals surface area contributed by atoms with Crippen LogP contribution in [-0.4, -0.2) is 57.9 Å². The van der Waals surface area contributed by atoms with Crippen LogP contribution >= 0.6 is 11.8 Å². The van der Waals surface area contributed by atoms with Crippen LogP contribution in [-0.2, 0) is 14.8 Å². The summed E-state index contributed by atoms with van der Waals surface area (Å²) < 4.78 is 41.4. The van der Waals surface area contributed by atoms with Crippen LogP contribution in [0.2, 0.25) is 0 Å². The smallest absolute Gasteiger partial charge is 0.241 e. The van der Waals surface area contributed by atoms with E-state index in [9.17, 15) is 17.6 Å². The quantitative estimate of drug-likeness (QED) is 0.531. The largest absolute Gasteiger partial charge is 0.353 e. The molecule has 0 heterocycles. The monoisotopic (exact) mass is 467 g/mol. The van der Waals surface area contributed by atoms with Crippen molar-refractivity contribution in [3.63, 3.8) is 0 Å². The minimum Gasteiger partial charge on any atom is -0.353 e. The molecular weight excluding hydrogens is 437 g/mol. The minimum atomic E-state index is -3.84. The van der Waals surface area contributed by atoms with Crippen LogP contribution in [0.4, 0.5) is 4.39 Å². The number of thioether (sulfide) groups is 1. The Kier molecular flexibility index (Phi) is 9.49. The molecule has 0 fully saturated rings. The Bertz CT molecular complexity index is 949. The van der Waals surface area contributed by atoms with Crippen molar-refractivity contribution in [1.29, 1.82) is 0 Å². The average Bonchev–Trinajstić information content (AvgIpc) is 2.72. The number of halogens is 1. The Morgan fingerprint density at radius 2 is 1.71 bits per heavy atom. The zero-order chi connectivity index (χ0) is 23.0. The van der Waals surface area contributed by atoms with E-state index in [-0.39, 0.29) is 23.3 Å². The first kappa shape index (κ1) is 25.3. The van der Waals surface area contributed by atoms with E-state index in [4.69, 9.17) is 0 Å². The van der Waals surface area contributed by atoms with Crippen LogP contribution in [0.5, 0.6) is 0 Å². The van der Waals surface area contributed by atoms with Crippen LogP contribution in [0.1, 0.15) is 23.6 Å². The highest BCUT2D eigenvalue weighted by atomic mass is 32.2. The normalized spacial score (nSPS) is 13.7. The molecule has 0 bridgehead atoms. The average molecular weight is 468 g/mol. The lowest BCUT2D eigenvalue weighted by Gasteiger charge is -2.26. The number of aryl methyl sites for hydroxylation is 1. The molecule has 31 heavy (non-hydrogen) atoms. The first-order valence-electron chi connectivity index (χ1n) is 9.91. The standard InChI is InChI=1S/C22H30FN3O3S2/c1-16-5-11-19(12-6-16)31(28,29)25-20(13-14-30-4)22(27)24-15-21(26(2)3)17-7-9-18(23)10-8-17/h5-12,20-21,25H,13-15H2,1-4H3,(H,24,27). The lowest BCUT2D eigenvalue weighted by Crippen LogP contribution is -2.48. The topological polar surface area (TPSA) is 78.5 Å². The van der Waals surface area contributed by atoms with Gasteiger partial charge in [0.2, 0.25) is 15.9 Å². The van der Waals surface area contributed by atoms with E-state index in [2.05, 4.69) is 10.0 Å². The number of rotatable bonds is 11. The molecule has 0 aliphatic rings. The summed E-state index contributed by atoms with van der Waals surface area (Å²) in [6.45, 7) is 2.14. The van der Waals surface area contributed by atoms with Gasteiger partial charge in [-0.3, -0.25) is 4.79 Å². The summed E-state index contributed by atoms with van der Waals surface area (Å²) in [6, 6.07) is 11.5. The third-order valence-electron chi connectivity index (χ3n) is 4.90. The lowest BCUT2D eigenvalue weighted by atomic mass is 10.1. The summed E-state index contributed by atoms with van der Waals surface area (Å²) >= 11 is 1.54. The SMILES string of the molecule is CSCCC(NS(=O)(=O)c1ccc(C)cc1)C(=O)NCC(c1ccc(F)cc1)N(C)C. The zero-order valence-electron chi connectivity index (χ0n) is 18.3. The molecule has 6 nitrogen and oxygen atoms in total. The molecular formula is C22H30FN3O3S2. The second-order valence-electron chi connectivity index (χ2n) is 7.54. The Morgan fingerprint density at radius 3 is 2.26 bits per heavy atom. The molecule has 1 amide bonds. The second kappa shape index (κ2) is 11.6. The van der Waals surface area contributed by atoms with Crippen LogP contribution in [0.15, 0.2) is 53.4 Å². The Labute approximate surface area is 188 Å². The van der Waals surface area contributed by atoms with Crippen molar-refractivity contribution in [3.05, 3.63) is 65.5 Å². The molecule has 170 valence electrons. The Morgan fingerprint density at radius 1 is 1.10 bits per heavy atom. The summed E-state index contributed by atoms with van der Waals surface area (Å²) in [5.41, 5.74) is 1.80. The van der Waals surface area contributed by atoms with Gasteiger partial charge in [-0.15, -0.1) is 0 Å². The molecule has 0 aromatic heterocycles. The Hall–Kier alpha value is -1.94. The van der Waals surface area contributed by atoms with Crippen LogP contribution < -0.4 is 10.0 Å². The number of nitrogens with one attached hydrogen (secondary N) is 2.